The van der Waals surface area contributed by atoms with Crippen molar-refractivity contribution < 1.29 is 18.7 Å². The van der Waals surface area contributed by atoms with E-state index in [0.717, 1.165) is 6.07 Å². The SMILES string of the molecule is COC(=O)c1cc(F)c(C=O)cc1C. The highest BCUT2D eigenvalue weighted by atomic mass is 19.1. The molecule has 0 aliphatic heterocycles. The van der Waals surface area contributed by atoms with Crippen LogP contribution in [0.4, 0.5) is 4.39 Å². The van der Waals surface area contributed by atoms with Crippen molar-refractivity contribution in [3.63, 3.8) is 0 Å². The lowest BCUT2D eigenvalue weighted by Gasteiger charge is -2.04. The molecule has 0 aliphatic rings. The molecule has 0 saturated carbocycles. The molecule has 0 spiro atoms. The standard InChI is InChI=1S/C10H9FO3/c1-6-3-7(5-12)9(11)4-8(6)10(13)14-2/h3-5H,1-2H3. The number of carbonyl (C=O) groups is 2. The van der Waals surface area contributed by atoms with Crippen molar-refractivity contribution in [3.8, 4) is 0 Å². The van der Waals surface area contributed by atoms with Crippen molar-refractivity contribution in [1.82, 2.24) is 0 Å². The number of hydrogen-bond donors (Lipinski definition) is 0. The van der Waals surface area contributed by atoms with Gasteiger partial charge in [-0.3, -0.25) is 4.79 Å². The smallest absolute Gasteiger partial charge is 0.338 e. The Morgan fingerprint density at radius 2 is 2.14 bits per heavy atom. The number of methoxy groups -OCH3 is 1. The lowest BCUT2D eigenvalue weighted by atomic mass is 10.1. The van der Waals surface area contributed by atoms with E-state index in [1.54, 1.807) is 6.92 Å². The van der Waals surface area contributed by atoms with Crippen LogP contribution in [0.15, 0.2) is 12.1 Å². The van der Waals surface area contributed by atoms with E-state index in [1.807, 2.05) is 0 Å². The number of aryl methyl sites for hydroxylation is 1. The second-order valence-corrected chi connectivity index (χ2v) is 2.80. The lowest BCUT2D eigenvalue weighted by molar-refractivity contribution is 0.0599. The summed E-state index contributed by atoms with van der Waals surface area (Å²) in [7, 11) is 1.22. The first-order chi connectivity index (χ1) is 6.60. The van der Waals surface area contributed by atoms with E-state index in [0.29, 0.717) is 11.8 Å². The molecule has 0 bridgehead atoms. The van der Waals surface area contributed by atoms with Crippen LogP contribution in [-0.4, -0.2) is 19.4 Å². The third-order valence-electron chi connectivity index (χ3n) is 1.88. The van der Waals surface area contributed by atoms with Gasteiger partial charge in [-0.25, -0.2) is 9.18 Å². The summed E-state index contributed by atoms with van der Waals surface area (Å²) in [6, 6.07) is 2.32. The zero-order valence-corrected chi connectivity index (χ0v) is 7.83. The molecule has 0 radical (unpaired) electrons. The molecule has 0 aromatic heterocycles. The molecule has 0 heterocycles. The minimum absolute atomic E-state index is 0.0600. The fourth-order valence-corrected chi connectivity index (χ4v) is 1.12. The van der Waals surface area contributed by atoms with Crippen LogP contribution in [0.25, 0.3) is 0 Å². The van der Waals surface area contributed by atoms with Crippen LogP contribution >= 0.6 is 0 Å². The van der Waals surface area contributed by atoms with Gasteiger partial charge in [0, 0.05) is 0 Å². The summed E-state index contributed by atoms with van der Waals surface area (Å²) in [6.07, 6.45) is 0.406. The van der Waals surface area contributed by atoms with Crippen LogP contribution in [0, 0.1) is 12.7 Å². The van der Waals surface area contributed by atoms with Crippen molar-refractivity contribution in [3.05, 3.63) is 34.6 Å². The molecule has 14 heavy (non-hydrogen) atoms. The molecule has 0 atom stereocenters. The van der Waals surface area contributed by atoms with E-state index in [2.05, 4.69) is 4.74 Å². The largest absolute Gasteiger partial charge is 0.465 e. The lowest BCUT2D eigenvalue weighted by Crippen LogP contribution is -2.05. The van der Waals surface area contributed by atoms with Gasteiger partial charge in [0.05, 0.1) is 18.2 Å². The van der Waals surface area contributed by atoms with Gasteiger partial charge >= 0.3 is 5.97 Å². The predicted molar refractivity (Wildman–Crippen MR) is 47.9 cm³/mol. The Morgan fingerprint density at radius 1 is 1.50 bits per heavy atom. The van der Waals surface area contributed by atoms with Gasteiger partial charge in [0.1, 0.15) is 5.82 Å². The van der Waals surface area contributed by atoms with Crippen LogP contribution in [0.1, 0.15) is 26.3 Å². The quantitative estimate of drug-likeness (QED) is 0.534. The van der Waals surface area contributed by atoms with E-state index in [9.17, 15) is 14.0 Å². The number of rotatable bonds is 2. The zero-order chi connectivity index (χ0) is 10.7. The molecular weight excluding hydrogens is 187 g/mol. The number of hydrogen-bond acceptors (Lipinski definition) is 3. The number of aldehydes is 1. The summed E-state index contributed by atoms with van der Waals surface area (Å²) in [5.41, 5.74) is 0.589. The Labute approximate surface area is 80.5 Å². The van der Waals surface area contributed by atoms with E-state index in [-0.39, 0.29) is 11.1 Å². The number of esters is 1. The van der Waals surface area contributed by atoms with Gasteiger partial charge < -0.3 is 4.74 Å². The van der Waals surface area contributed by atoms with E-state index in [4.69, 9.17) is 0 Å². The van der Waals surface area contributed by atoms with Gasteiger partial charge in [0.15, 0.2) is 6.29 Å². The van der Waals surface area contributed by atoms with Crippen molar-refractivity contribution in [2.24, 2.45) is 0 Å². The predicted octanol–water partition coefficient (Wildman–Crippen LogP) is 1.73. The first kappa shape index (κ1) is 10.4. The minimum Gasteiger partial charge on any atom is -0.465 e. The minimum atomic E-state index is -0.717. The number of halogens is 1. The monoisotopic (exact) mass is 196 g/mol. The fourth-order valence-electron chi connectivity index (χ4n) is 1.12. The van der Waals surface area contributed by atoms with Crippen LogP contribution in [0.2, 0.25) is 0 Å². The normalized spacial score (nSPS) is 9.64. The zero-order valence-electron chi connectivity index (χ0n) is 7.83. The van der Waals surface area contributed by atoms with Crippen LogP contribution in [-0.2, 0) is 4.74 Å². The van der Waals surface area contributed by atoms with Crippen LogP contribution in [0.5, 0.6) is 0 Å². The topological polar surface area (TPSA) is 43.4 Å². The van der Waals surface area contributed by atoms with Gasteiger partial charge in [-0.05, 0) is 24.6 Å². The molecule has 0 fully saturated rings. The molecule has 1 aromatic carbocycles. The average Bonchev–Trinajstić information content (AvgIpc) is 2.19. The van der Waals surface area contributed by atoms with E-state index in [1.165, 1.54) is 13.2 Å². The molecule has 1 rings (SSSR count). The summed E-state index contributed by atoms with van der Waals surface area (Å²) in [6.45, 7) is 1.61. The number of ether oxygens (including phenoxy) is 1. The Hall–Kier alpha value is -1.71. The van der Waals surface area contributed by atoms with Crippen LogP contribution < -0.4 is 0 Å². The highest BCUT2D eigenvalue weighted by Gasteiger charge is 2.13. The Morgan fingerprint density at radius 3 is 2.64 bits per heavy atom. The van der Waals surface area contributed by atoms with Gasteiger partial charge in [0.25, 0.3) is 0 Å². The molecule has 4 heteroatoms. The molecule has 0 saturated heterocycles. The highest BCUT2D eigenvalue weighted by Crippen LogP contribution is 2.14. The van der Waals surface area contributed by atoms with E-state index < -0.39 is 11.8 Å². The molecular formula is C10H9FO3. The van der Waals surface area contributed by atoms with Crippen molar-refractivity contribution in [2.75, 3.05) is 7.11 Å². The summed E-state index contributed by atoms with van der Waals surface area (Å²) in [5.74, 6) is -1.33. The Bertz CT molecular complexity index is 385. The summed E-state index contributed by atoms with van der Waals surface area (Å²) in [4.78, 5) is 21.5. The van der Waals surface area contributed by atoms with Gasteiger partial charge in [-0.1, -0.05) is 0 Å². The molecule has 0 aliphatic carbocycles. The third-order valence-corrected chi connectivity index (χ3v) is 1.88. The fraction of sp³-hybridized carbons (Fsp3) is 0.200. The molecule has 74 valence electrons. The maximum atomic E-state index is 13.1. The Kier molecular flexibility index (Phi) is 2.96. The first-order valence-electron chi connectivity index (χ1n) is 3.93. The Balaban J connectivity index is 3.28. The summed E-state index contributed by atoms with van der Waals surface area (Å²) < 4.78 is 17.5. The van der Waals surface area contributed by atoms with Crippen molar-refractivity contribution in [2.45, 2.75) is 6.92 Å². The average molecular weight is 196 g/mol. The molecule has 1 aromatic rings. The summed E-state index contributed by atoms with van der Waals surface area (Å²) in [5, 5.41) is 0. The van der Waals surface area contributed by atoms with Gasteiger partial charge in [-0.2, -0.15) is 0 Å². The summed E-state index contributed by atoms with van der Waals surface area (Å²) >= 11 is 0. The molecule has 0 N–H and O–H groups in total. The molecule has 0 amide bonds. The second kappa shape index (κ2) is 4.00. The van der Waals surface area contributed by atoms with Gasteiger partial charge in [0.2, 0.25) is 0 Å². The third kappa shape index (κ3) is 1.79. The second-order valence-electron chi connectivity index (χ2n) is 2.80. The number of benzene rings is 1. The highest BCUT2D eigenvalue weighted by molar-refractivity contribution is 5.92. The number of carbonyl (C=O) groups excluding carboxylic acids is 2. The van der Waals surface area contributed by atoms with Crippen molar-refractivity contribution in [1.29, 1.82) is 0 Å². The van der Waals surface area contributed by atoms with Gasteiger partial charge in [-0.15, -0.1) is 0 Å². The molecule has 0 unspecified atom stereocenters. The van der Waals surface area contributed by atoms with E-state index >= 15 is 0 Å². The first-order valence-corrected chi connectivity index (χ1v) is 3.93. The van der Waals surface area contributed by atoms with Crippen LogP contribution in [0.3, 0.4) is 0 Å². The molecule has 3 nitrogen and oxygen atoms in total. The maximum Gasteiger partial charge on any atom is 0.338 e. The van der Waals surface area contributed by atoms with Crippen molar-refractivity contribution >= 4 is 12.3 Å². The maximum absolute atomic E-state index is 13.1.